The summed E-state index contributed by atoms with van der Waals surface area (Å²) in [5.74, 6) is 1.28. The van der Waals surface area contributed by atoms with Crippen LogP contribution in [0.5, 0.6) is 11.5 Å². The Morgan fingerprint density at radius 1 is 1.28 bits per heavy atom. The van der Waals surface area contributed by atoms with E-state index in [1.807, 2.05) is 13.0 Å². The second-order valence-electron chi connectivity index (χ2n) is 4.78. The van der Waals surface area contributed by atoms with Crippen molar-refractivity contribution < 1.29 is 19.3 Å². The molecule has 4 heteroatoms. The molecular formula is C14H20O4. The Morgan fingerprint density at radius 3 is 2.56 bits per heavy atom. The van der Waals surface area contributed by atoms with Gasteiger partial charge in [-0.15, -0.1) is 0 Å². The summed E-state index contributed by atoms with van der Waals surface area (Å²) in [6.45, 7) is 2.65. The molecule has 2 atom stereocenters. The van der Waals surface area contributed by atoms with Gasteiger partial charge in [-0.25, -0.2) is 0 Å². The molecule has 0 bridgehead atoms. The fourth-order valence-corrected chi connectivity index (χ4v) is 2.39. The van der Waals surface area contributed by atoms with Crippen molar-refractivity contribution in [3.63, 3.8) is 0 Å². The molecule has 2 unspecified atom stereocenters. The van der Waals surface area contributed by atoms with Crippen LogP contribution in [0.1, 0.15) is 31.4 Å². The molecule has 2 rings (SSSR count). The van der Waals surface area contributed by atoms with Gasteiger partial charge in [0.1, 0.15) is 6.10 Å². The Labute approximate surface area is 107 Å². The van der Waals surface area contributed by atoms with Gasteiger partial charge in [0.05, 0.1) is 19.8 Å². The van der Waals surface area contributed by atoms with Crippen LogP contribution in [0, 0.1) is 0 Å². The van der Waals surface area contributed by atoms with Crippen molar-refractivity contribution in [3.05, 3.63) is 23.8 Å². The quantitative estimate of drug-likeness (QED) is 0.893. The van der Waals surface area contributed by atoms with Gasteiger partial charge in [0.15, 0.2) is 11.5 Å². The number of hydrogen-bond acceptors (Lipinski definition) is 4. The minimum absolute atomic E-state index is 0.500. The third-order valence-electron chi connectivity index (χ3n) is 3.55. The van der Waals surface area contributed by atoms with Crippen LogP contribution < -0.4 is 9.47 Å². The number of hydrogen-bond donors (Lipinski definition) is 1. The lowest BCUT2D eigenvalue weighted by molar-refractivity contribution is -0.0796. The molecule has 100 valence electrons. The lowest BCUT2D eigenvalue weighted by atomic mass is 9.90. The standard InChI is InChI=1S/C14H20O4/c1-14(7-4-8-18-14)13(15)10-5-6-11(16-2)12(9-10)17-3/h5-6,9,13,15H,4,7-8H2,1-3H3. The summed E-state index contributed by atoms with van der Waals surface area (Å²) in [5, 5.41) is 10.4. The van der Waals surface area contributed by atoms with Gasteiger partial charge in [-0.1, -0.05) is 6.07 Å². The maximum absolute atomic E-state index is 10.4. The van der Waals surface area contributed by atoms with E-state index in [0.717, 1.165) is 18.4 Å². The van der Waals surface area contributed by atoms with Crippen molar-refractivity contribution in [1.82, 2.24) is 0 Å². The van der Waals surface area contributed by atoms with Crippen molar-refractivity contribution in [2.75, 3.05) is 20.8 Å². The molecule has 1 saturated heterocycles. The van der Waals surface area contributed by atoms with E-state index in [2.05, 4.69) is 0 Å². The first-order valence-electron chi connectivity index (χ1n) is 6.14. The van der Waals surface area contributed by atoms with E-state index >= 15 is 0 Å². The molecule has 1 aromatic carbocycles. The summed E-state index contributed by atoms with van der Waals surface area (Å²) in [6, 6.07) is 5.45. The Bertz CT molecular complexity index is 410. The van der Waals surface area contributed by atoms with Gasteiger partial charge < -0.3 is 19.3 Å². The first-order chi connectivity index (χ1) is 8.60. The summed E-state index contributed by atoms with van der Waals surface area (Å²) < 4.78 is 16.1. The Morgan fingerprint density at radius 2 is 2.00 bits per heavy atom. The van der Waals surface area contributed by atoms with Gasteiger partial charge in [-0.2, -0.15) is 0 Å². The number of aliphatic hydroxyl groups is 1. The molecule has 1 heterocycles. The van der Waals surface area contributed by atoms with E-state index in [-0.39, 0.29) is 0 Å². The van der Waals surface area contributed by atoms with Gasteiger partial charge in [0, 0.05) is 6.61 Å². The Balaban J connectivity index is 2.27. The van der Waals surface area contributed by atoms with Crippen molar-refractivity contribution in [2.45, 2.75) is 31.5 Å². The highest BCUT2D eigenvalue weighted by Crippen LogP contribution is 2.39. The topological polar surface area (TPSA) is 47.9 Å². The molecule has 4 nitrogen and oxygen atoms in total. The van der Waals surface area contributed by atoms with Crippen molar-refractivity contribution in [1.29, 1.82) is 0 Å². The van der Waals surface area contributed by atoms with E-state index in [1.165, 1.54) is 0 Å². The molecule has 1 aliphatic heterocycles. The zero-order valence-corrected chi connectivity index (χ0v) is 11.1. The fourth-order valence-electron chi connectivity index (χ4n) is 2.39. The van der Waals surface area contributed by atoms with Gasteiger partial charge >= 0.3 is 0 Å². The number of ether oxygens (including phenoxy) is 3. The van der Waals surface area contributed by atoms with Crippen molar-refractivity contribution >= 4 is 0 Å². The molecule has 0 saturated carbocycles. The maximum Gasteiger partial charge on any atom is 0.161 e. The molecule has 0 aromatic heterocycles. The normalized spacial score (nSPS) is 24.9. The van der Waals surface area contributed by atoms with Crippen LogP contribution in [-0.2, 0) is 4.74 Å². The zero-order chi connectivity index (χ0) is 13.2. The van der Waals surface area contributed by atoms with Crippen LogP contribution in [0.25, 0.3) is 0 Å². The van der Waals surface area contributed by atoms with Gasteiger partial charge in [0.2, 0.25) is 0 Å². The van der Waals surface area contributed by atoms with Gasteiger partial charge in [-0.3, -0.25) is 0 Å². The van der Waals surface area contributed by atoms with Crippen LogP contribution in [0.4, 0.5) is 0 Å². The summed E-state index contributed by atoms with van der Waals surface area (Å²) in [7, 11) is 3.18. The number of benzene rings is 1. The lowest BCUT2D eigenvalue weighted by Gasteiger charge is -2.29. The SMILES string of the molecule is COc1ccc(C(O)C2(C)CCCO2)cc1OC. The highest BCUT2D eigenvalue weighted by atomic mass is 16.5. The Kier molecular flexibility index (Phi) is 3.78. The summed E-state index contributed by atoms with van der Waals surface area (Å²) in [6.07, 6.45) is 1.20. The number of methoxy groups -OCH3 is 2. The van der Waals surface area contributed by atoms with Gasteiger partial charge in [0.25, 0.3) is 0 Å². The Hall–Kier alpha value is -1.26. The van der Waals surface area contributed by atoms with Crippen LogP contribution >= 0.6 is 0 Å². The first kappa shape index (κ1) is 13.2. The monoisotopic (exact) mass is 252 g/mol. The minimum Gasteiger partial charge on any atom is -0.493 e. The van der Waals surface area contributed by atoms with Crippen LogP contribution in [0.3, 0.4) is 0 Å². The molecule has 1 fully saturated rings. The molecule has 0 amide bonds. The predicted molar refractivity (Wildman–Crippen MR) is 68.1 cm³/mol. The molecular weight excluding hydrogens is 232 g/mol. The summed E-state index contributed by atoms with van der Waals surface area (Å²) >= 11 is 0. The molecule has 0 radical (unpaired) electrons. The molecule has 0 spiro atoms. The second-order valence-corrected chi connectivity index (χ2v) is 4.78. The average Bonchev–Trinajstić information content (AvgIpc) is 2.85. The predicted octanol–water partition coefficient (Wildman–Crippen LogP) is 2.31. The first-order valence-corrected chi connectivity index (χ1v) is 6.14. The maximum atomic E-state index is 10.4. The third kappa shape index (κ3) is 2.31. The van der Waals surface area contributed by atoms with Crippen LogP contribution in [0.2, 0.25) is 0 Å². The van der Waals surface area contributed by atoms with Crippen molar-refractivity contribution in [3.8, 4) is 11.5 Å². The van der Waals surface area contributed by atoms with Gasteiger partial charge in [-0.05, 0) is 37.5 Å². The second kappa shape index (κ2) is 5.16. The summed E-state index contributed by atoms with van der Waals surface area (Å²) in [5.41, 5.74) is 0.289. The minimum atomic E-state index is -0.653. The summed E-state index contributed by atoms with van der Waals surface area (Å²) in [4.78, 5) is 0. The molecule has 18 heavy (non-hydrogen) atoms. The van der Waals surface area contributed by atoms with E-state index in [0.29, 0.717) is 18.1 Å². The van der Waals surface area contributed by atoms with Crippen molar-refractivity contribution in [2.24, 2.45) is 0 Å². The smallest absolute Gasteiger partial charge is 0.161 e. The fraction of sp³-hybridized carbons (Fsp3) is 0.571. The lowest BCUT2D eigenvalue weighted by Crippen LogP contribution is -2.31. The highest BCUT2D eigenvalue weighted by molar-refractivity contribution is 5.44. The van der Waals surface area contributed by atoms with Crippen LogP contribution in [0.15, 0.2) is 18.2 Å². The van der Waals surface area contributed by atoms with E-state index in [4.69, 9.17) is 14.2 Å². The highest BCUT2D eigenvalue weighted by Gasteiger charge is 2.38. The van der Waals surface area contributed by atoms with E-state index < -0.39 is 11.7 Å². The zero-order valence-electron chi connectivity index (χ0n) is 11.1. The molecule has 1 N–H and O–H groups in total. The average molecular weight is 252 g/mol. The number of aliphatic hydroxyl groups excluding tert-OH is 1. The number of rotatable bonds is 4. The van der Waals surface area contributed by atoms with E-state index in [1.54, 1.807) is 26.4 Å². The van der Waals surface area contributed by atoms with E-state index in [9.17, 15) is 5.11 Å². The third-order valence-corrected chi connectivity index (χ3v) is 3.55. The molecule has 1 aliphatic rings. The molecule has 0 aliphatic carbocycles. The van der Waals surface area contributed by atoms with Crippen LogP contribution in [-0.4, -0.2) is 31.5 Å². The molecule has 1 aromatic rings. The largest absolute Gasteiger partial charge is 0.493 e.